The van der Waals surface area contributed by atoms with Gasteiger partial charge >= 0.3 is 0 Å². The average molecular weight is 236 g/mol. The zero-order valence-electron chi connectivity index (χ0n) is 10.6. The molecule has 0 radical (unpaired) electrons. The van der Waals surface area contributed by atoms with Gasteiger partial charge in [-0.1, -0.05) is 0 Å². The van der Waals surface area contributed by atoms with Gasteiger partial charge < -0.3 is 10.1 Å². The van der Waals surface area contributed by atoms with Gasteiger partial charge in [-0.15, -0.1) is 0 Å². The van der Waals surface area contributed by atoms with Crippen molar-refractivity contribution < 1.29 is 4.74 Å². The van der Waals surface area contributed by atoms with E-state index in [1.54, 1.807) is 0 Å². The normalized spacial score (nSPS) is 49.8. The van der Waals surface area contributed by atoms with Gasteiger partial charge in [-0.2, -0.15) is 0 Å². The minimum Gasteiger partial charge on any atom is -0.375 e. The Morgan fingerprint density at radius 2 is 2.18 bits per heavy atom. The Kier molecular flexibility index (Phi) is 2.67. The number of nitrogens with one attached hydrogen (secondary N) is 1. The van der Waals surface area contributed by atoms with Crippen LogP contribution < -0.4 is 5.32 Å². The molecular weight excluding hydrogens is 212 g/mol. The van der Waals surface area contributed by atoms with Crippen molar-refractivity contribution in [3.05, 3.63) is 0 Å². The molecule has 5 atom stereocenters. The van der Waals surface area contributed by atoms with E-state index in [-0.39, 0.29) is 0 Å². The van der Waals surface area contributed by atoms with Crippen molar-refractivity contribution in [1.82, 2.24) is 10.2 Å². The molecule has 1 saturated carbocycles. The van der Waals surface area contributed by atoms with Crippen LogP contribution in [0, 0.1) is 5.92 Å². The molecule has 3 heterocycles. The summed E-state index contributed by atoms with van der Waals surface area (Å²) >= 11 is 0. The maximum Gasteiger partial charge on any atom is 0.0730 e. The number of hydrogen-bond acceptors (Lipinski definition) is 3. The summed E-state index contributed by atoms with van der Waals surface area (Å²) in [5.74, 6) is 0.924. The fourth-order valence-corrected chi connectivity index (χ4v) is 4.67. The topological polar surface area (TPSA) is 24.5 Å². The van der Waals surface area contributed by atoms with Crippen LogP contribution in [0.4, 0.5) is 0 Å². The number of hydrogen-bond donors (Lipinski definition) is 1. The average Bonchev–Trinajstić information content (AvgIpc) is 3.04. The molecule has 4 rings (SSSR count). The molecule has 0 spiro atoms. The summed E-state index contributed by atoms with van der Waals surface area (Å²) in [7, 11) is 0. The van der Waals surface area contributed by atoms with E-state index in [1.165, 1.54) is 51.6 Å². The predicted octanol–water partition coefficient (Wildman–Crippen LogP) is 1.38. The van der Waals surface area contributed by atoms with E-state index < -0.39 is 0 Å². The third kappa shape index (κ3) is 1.83. The number of rotatable bonds is 2. The van der Waals surface area contributed by atoms with E-state index >= 15 is 0 Å². The molecule has 5 unspecified atom stereocenters. The van der Waals surface area contributed by atoms with Gasteiger partial charge in [0.2, 0.25) is 0 Å². The summed E-state index contributed by atoms with van der Waals surface area (Å²) in [5, 5.41) is 3.77. The summed E-state index contributed by atoms with van der Waals surface area (Å²) in [6.45, 7) is 3.48. The van der Waals surface area contributed by atoms with E-state index in [2.05, 4.69) is 10.2 Å². The van der Waals surface area contributed by atoms with Crippen molar-refractivity contribution in [2.24, 2.45) is 5.92 Å². The first-order chi connectivity index (χ1) is 8.40. The van der Waals surface area contributed by atoms with Gasteiger partial charge in [0.25, 0.3) is 0 Å². The monoisotopic (exact) mass is 236 g/mol. The second kappa shape index (κ2) is 4.22. The number of ether oxygens (including phenoxy) is 1. The van der Waals surface area contributed by atoms with Crippen LogP contribution in [0.5, 0.6) is 0 Å². The van der Waals surface area contributed by atoms with E-state index in [0.717, 1.165) is 30.7 Å². The van der Waals surface area contributed by atoms with Gasteiger partial charge in [-0.3, -0.25) is 4.90 Å². The van der Waals surface area contributed by atoms with Crippen molar-refractivity contribution in [2.45, 2.75) is 62.8 Å². The Balaban J connectivity index is 1.41. The number of fused-ring (bicyclic) bond motifs is 3. The van der Waals surface area contributed by atoms with Crippen molar-refractivity contribution in [3.63, 3.8) is 0 Å². The van der Waals surface area contributed by atoms with Crippen LogP contribution >= 0.6 is 0 Å². The molecule has 4 fully saturated rings. The molecule has 96 valence electrons. The lowest BCUT2D eigenvalue weighted by atomic mass is 9.88. The molecule has 0 amide bonds. The fraction of sp³-hybridized carbons (Fsp3) is 1.00. The highest BCUT2D eigenvalue weighted by atomic mass is 16.5. The zero-order chi connectivity index (χ0) is 11.2. The molecule has 0 aromatic rings. The minimum atomic E-state index is 0.565. The molecule has 4 aliphatic rings. The van der Waals surface area contributed by atoms with Crippen molar-refractivity contribution in [1.29, 1.82) is 0 Å². The first-order valence-corrected chi connectivity index (χ1v) is 7.52. The maximum atomic E-state index is 5.90. The van der Waals surface area contributed by atoms with Gasteiger partial charge in [0.05, 0.1) is 12.7 Å². The second-order valence-corrected chi connectivity index (χ2v) is 6.45. The zero-order valence-corrected chi connectivity index (χ0v) is 10.6. The second-order valence-electron chi connectivity index (χ2n) is 6.45. The third-order valence-electron chi connectivity index (χ3n) is 5.50. The van der Waals surface area contributed by atoms with Crippen LogP contribution in [0.2, 0.25) is 0 Å². The first kappa shape index (κ1) is 10.8. The molecule has 2 bridgehead atoms. The fourth-order valence-electron chi connectivity index (χ4n) is 4.67. The lowest BCUT2D eigenvalue weighted by Crippen LogP contribution is -2.51. The molecule has 1 N–H and O–H groups in total. The summed E-state index contributed by atoms with van der Waals surface area (Å²) in [6.07, 6.45) is 8.90. The molecule has 3 saturated heterocycles. The summed E-state index contributed by atoms with van der Waals surface area (Å²) < 4.78 is 5.90. The van der Waals surface area contributed by atoms with Crippen LogP contribution in [0.3, 0.4) is 0 Å². The van der Waals surface area contributed by atoms with Crippen molar-refractivity contribution >= 4 is 0 Å². The highest BCUT2D eigenvalue weighted by molar-refractivity contribution is 5.00. The highest BCUT2D eigenvalue weighted by Gasteiger charge is 2.42. The molecule has 1 aliphatic carbocycles. The van der Waals surface area contributed by atoms with Gasteiger partial charge in [-0.05, 0) is 44.4 Å². The molecule has 3 nitrogen and oxygen atoms in total. The maximum absolute atomic E-state index is 5.90. The van der Waals surface area contributed by atoms with Crippen LogP contribution in [0.15, 0.2) is 0 Å². The Bertz CT molecular complexity index is 296. The van der Waals surface area contributed by atoms with Crippen LogP contribution in [0.1, 0.15) is 38.5 Å². The molecular formula is C14H24N2O. The first-order valence-electron chi connectivity index (χ1n) is 7.52. The van der Waals surface area contributed by atoms with E-state index in [0.29, 0.717) is 6.10 Å². The van der Waals surface area contributed by atoms with Gasteiger partial charge in [-0.25, -0.2) is 0 Å². The van der Waals surface area contributed by atoms with Crippen LogP contribution in [0.25, 0.3) is 0 Å². The molecule has 17 heavy (non-hydrogen) atoms. The largest absolute Gasteiger partial charge is 0.375 e. The standard InChI is InChI=1S/C14H24N2O/c1-2-13-14(3-1)17-7-6-16(13)9-10-8-11-4-5-12(10)15-11/h10-15H,1-9H2. The van der Waals surface area contributed by atoms with Gasteiger partial charge in [0.1, 0.15) is 0 Å². The van der Waals surface area contributed by atoms with Gasteiger partial charge in [0, 0.05) is 31.2 Å². The molecule has 0 aromatic carbocycles. The smallest absolute Gasteiger partial charge is 0.0730 e. The Morgan fingerprint density at radius 3 is 3.00 bits per heavy atom. The number of morpholine rings is 1. The lowest BCUT2D eigenvalue weighted by Gasteiger charge is -2.40. The SMILES string of the molecule is C1CC2OCCN(CC3CC4CCC3N4)C2C1. The van der Waals surface area contributed by atoms with E-state index in [4.69, 9.17) is 4.74 Å². The Labute approximate surface area is 104 Å². The van der Waals surface area contributed by atoms with Crippen molar-refractivity contribution in [3.8, 4) is 0 Å². The minimum absolute atomic E-state index is 0.565. The summed E-state index contributed by atoms with van der Waals surface area (Å²) in [5.41, 5.74) is 0. The predicted molar refractivity (Wildman–Crippen MR) is 67.0 cm³/mol. The number of nitrogens with zero attached hydrogens (tertiary/aromatic N) is 1. The Hall–Kier alpha value is -0.120. The third-order valence-corrected chi connectivity index (χ3v) is 5.50. The van der Waals surface area contributed by atoms with Gasteiger partial charge in [0.15, 0.2) is 0 Å². The van der Waals surface area contributed by atoms with Crippen LogP contribution in [-0.4, -0.2) is 48.8 Å². The Morgan fingerprint density at radius 1 is 1.18 bits per heavy atom. The van der Waals surface area contributed by atoms with Crippen molar-refractivity contribution in [2.75, 3.05) is 19.7 Å². The molecule has 0 aromatic heterocycles. The van der Waals surface area contributed by atoms with E-state index in [1.807, 2.05) is 0 Å². The van der Waals surface area contributed by atoms with Crippen LogP contribution in [-0.2, 0) is 4.74 Å². The molecule has 3 heteroatoms. The highest BCUT2D eigenvalue weighted by Crippen LogP contribution is 2.36. The molecule has 3 aliphatic heterocycles. The lowest BCUT2D eigenvalue weighted by molar-refractivity contribution is -0.0610. The van der Waals surface area contributed by atoms with E-state index in [9.17, 15) is 0 Å². The summed E-state index contributed by atoms with van der Waals surface area (Å²) in [4.78, 5) is 2.76. The quantitative estimate of drug-likeness (QED) is 0.784. The summed E-state index contributed by atoms with van der Waals surface area (Å²) in [6, 6.07) is 2.44.